The summed E-state index contributed by atoms with van der Waals surface area (Å²) in [6, 6.07) is -1.67. The number of nitrogens with zero attached hydrogens (tertiary/aromatic N) is 2. The molecule has 338 valence electrons. The third-order valence-electron chi connectivity index (χ3n) is 10.4. The van der Waals surface area contributed by atoms with Crippen LogP contribution in [0, 0.1) is 5.41 Å². The minimum Gasteiger partial charge on any atom is -0.391 e. The van der Waals surface area contributed by atoms with Crippen LogP contribution in [0.5, 0.6) is 0 Å². The summed E-state index contributed by atoms with van der Waals surface area (Å²) in [6.45, 7) is 4.22. The standard InChI is InChI=1S/C39H58N14O9/c1-19(48-37(61)30(40)20(2)54)33(57)50-28(15-23-17-44-18-47-23)34(58)49-26(10-6-12-45-39(42)43)38(62)53-13-7-11-29(53)36(60)51-27(35(59)52-31(21(3)55)32(41)56)14-22-16-46-25-9-5-4-8-24(22)25/h4-5,8-9,16-21,26-31,46,54-55H,6-7,10-15,40H2,1-3H3,(H2,41,56)(H,44,47)(H,48,61)(H,49,58)(H,50,57)(H,51,60)(H,52,59)(H4,42,43,45)/t19-,20+,21+,26-,27-,28-,29-,30-,31-/m0/s1. The van der Waals surface area contributed by atoms with Crippen molar-refractivity contribution in [1.82, 2.24) is 51.8 Å². The monoisotopic (exact) mass is 866 g/mol. The highest BCUT2D eigenvalue weighted by molar-refractivity contribution is 5.98. The van der Waals surface area contributed by atoms with Crippen molar-refractivity contribution in [1.29, 1.82) is 5.41 Å². The van der Waals surface area contributed by atoms with E-state index in [1.807, 2.05) is 24.3 Å². The van der Waals surface area contributed by atoms with E-state index in [1.165, 1.54) is 38.2 Å². The molecule has 1 saturated heterocycles. The number of para-hydroxylation sites is 1. The molecule has 0 saturated carbocycles. The molecule has 3 heterocycles. The Morgan fingerprint density at radius 1 is 0.871 bits per heavy atom. The Bertz CT molecular complexity index is 2060. The van der Waals surface area contributed by atoms with Crippen LogP contribution < -0.4 is 49.1 Å². The van der Waals surface area contributed by atoms with Gasteiger partial charge in [-0.15, -0.1) is 0 Å². The molecule has 1 fully saturated rings. The van der Waals surface area contributed by atoms with Gasteiger partial charge in [-0.05, 0) is 58.1 Å². The summed E-state index contributed by atoms with van der Waals surface area (Å²) in [7, 11) is 0. The molecule has 17 N–H and O–H groups in total. The number of guanidine groups is 1. The molecular formula is C39H58N14O9. The fourth-order valence-corrected chi connectivity index (χ4v) is 6.95. The van der Waals surface area contributed by atoms with Gasteiger partial charge in [-0.25, -0.2) is 4.98 Å². The van der Waals surface area contributed by atoms with Crippen LogP contribution in [-0.2, 0) is 46.4 Å². The number of carbonyl (C=O) groups excluding carboxylic acids is 7. The number of fused-ring (bicyclic) bond motifs is 1. The highest BCUT2D eigenvalue weighted by Gasteiger charge is 2.40. The van der Waals surface area contributed by atoms with Gasteiger partial charge in [-0.1, -0.05) is 18.2 Å². The Morgan fingerprint density at radius 2 is 1.55 bits per heavy atom. The van der Waals surface area contributed by atoms with Gasteiger partial charge in [0.05, 0.1) is 24.2 Å². The number of aliphatic hydroxyl groups is 2. The molecule has 3 aromatic rings. The Hall–Kier alpha value is -6.59. The number of nitrogens with one attached hydrogen (secondary N) is 9. The zero-order valence-corrected chi connectivity index (χ0v) is 34.8. The predicted molar refractivity (Wildman–Crippen MR) is 224 cm³/mol. The molecule has 7 amide bonds. The molecule has 62 heavy (non-hydrogen) atoms. The third kappa shape index (κ3) is 13.2. The maximum atomic E-state index is 14.4. The van der Waals surface area contributed by atoms with E-state index < -0.39 is 95.9 Å². The SMILES string of the molecule is C[C@H](NC(=O)[C@@H](N)[C@@H](C)O)C(=O)N[C@@H](Cc1c[nH]cn1)C(=O)N[C@@H](CCCNC(=N)N)C(=O)N1CCC[C@H]1C(=O)N[C@@H](Cc1c[nH]c2ccccc12)C(=O)N[C@H](C(N)=O)[C@@H](C)O. The van der Waals surface area contributed by atoms with Crippen LogP contribution in [0.15, 0.2) is 43.0 Å². The normalized spacial score (nSPS) is 17.6. The molecule has 2 aromatic heterocycles. The molecule has 0 unspecified atom stereocenters. The Morgan fingerprint density at radius 3 is 2.19 bits per heavy atom. The van der Waals surface area contributed by atoms with Gasteiger partial charge in [0, 0.05) is 49.2 Å². The first-order valence-corrected chi connectivity index (χ1v) is 20.2. The number of hydrogen-bond donors (Lipinski definition) is 14. The minimum atomic E-state index is -1.46. The van der Waals surface area contributed by atoms with Gasteiger partial charge in [-0.2, -0.15) is 0 Å². The zero-order valence-electron chi connectivity index (χ0n) is 34.8. The fourth-order valence-electron chi connectivity index (χ4n) is 6.95. The second-order valence-electron chi connectivity index (χ2n) is 15.3. The minimum absolute atomic E-state index is 0.00189. The molecule has 1 aliphatic rings. The lowest BCUT2D eigenvalue weighted by Gasteiger charge is -2.31. The molecular weight excluding hydrogens is 809 g/mol. The molecule has 23 heteroatoms. The van der Waals surface area contributed by atoms with E-state index in [9.17, 15) is 43.8 Å². The number of carbonyl (C=O) groups is 7. The lowest BCUT2D eigenvalue weighted by molar-refractivity contribution is -0.142. The Balaban J connectivity index is 1.57. The zero-order chi connectivity index (χ0) is 45.7. The first-order valence-electron chi connectivity index (χ1n) is 20.2. The van der Waals surface area contributed by atoms with Crippen molar-refractivity contribution < 1.29 is 43.8 Å². The summed E-state index contributed by atoms with van der Waals surface area (Å²) in [5.41, 5.74) is 18.4. The van der Waals surface area contributed by atoms with E-state index in [0.717, 1.165) is 10.9 Å². The van der Waals surface area contributed by atoms with E-state index in [1.54, 1.807) is 6.20 Å². The van der Waals surface area contributed by atoms with Crippen molar-refractivity contribution in [2.45, 2.75) is 114 Å². The maximum Gasteiger partial charge on any atom is 0.245 e. The molecule has 23 nitrogen and oxygen atoms in total. The van der Waals surface area contributed by atoms with Crippen molar-refractivity contribution in [3.63, 3.8) is 0 Å². The summed E-state index contributed by atoms with van der Waals surface area (Å²) in [5, 5.41) is 43.7. The smallest absolute Gasteiger partial charge is 0.245 e. The number of H-pyrrole nitrogens is 2. The van der Waals surface area contributed by atoms with Gasteiger partial charge < -0.3 is 74.2 Å². The number of likely N-dealkylation sites (tertiary alicyclic amines) is 1. The number of benzene rings is 1. The third-order valence-corrected chi connectivity index (χ3v) is 10.4. The van der Waals surface area contributed by atoms with Crippen LogP contribution in [0.25, 0.3) is 10.9 Å². The molecule has 0 aliphatic carbocycles. The quantitative estimate of drug-likeness (QED) is 0.0260. The summed E-state index contributed by atoms with van der Waals surface area (Å²) in [5.74, 6) is -5.82. The van der Waals surface area contributed by atoms with Gasteiger partial charge in [-0.3, -0.25) is 39.0 Å². The summed E-state index contributed by atoms with van der Waals surface area (Å²) < 4.78 is 0. The van der Waals surface area contributed by atoms with Crippen LogP contribution in [-0.4, -0.2) is 145 Å². The number of imidazole rings is 1. The molecule has 1 aliphatic heterocycles. The van der Waals surface area contributed by atoms with Crippen LogP contribution in [0.3, 0.4) is 0 Å². The highest BCUT2D eigenvalue weighted by atomic mass is 16.3. The number of rotatable bonds is 22. The largest absolute Gasteiger partial charge is 0.391 e. The van der Waals surface area contributed by atoms with Crippen molar-refractivity contribution in [2.75, 3.05) is 13.1 Å². The number of amides is 7. The van der Waals surface area contributed by atoms with Crippen molar-refractivity contribution in [3.8, 4) is 0 Å². The summed E-state index contributed by atoms with van der Waals surface area (Å²) >= 11 is 0. The number of primary amides is 1. The first-order chi connectivity index (χ1) is 29.4. The van der Waals surface area contributed by atoms with E-state index in [0.29, 0.717) is 17.7 Å². The summed E-state index contributed by atoms with van der Waals surface area (Å²) in [4.78, 5) is 106. The molecule has 1 aromatic carbocycles. The van der Waals surface area contributed by atoms with Crippen LogP contribution >= 0.6 is 0 Å². The fraction of sp³-hybridized carbons (Fsp3) is 0.513. The van der Waals surface area contributed by atoms with Crippen LogP contribution in [0.2, 0.25) is 0 Å². The lowest BCUT2D eigenvalue weighted by atomic mass is 10.0. The predicted octanol–water partition coefficient (Wildman–Crippen LogP) is -4.05. The topological polar surface area (TPSA) is 382 Å². The number of nitrogens with two attached hydrogens (primary N) is 3. The molecule has 0 spiro atoms. The average Bonchev–Trinajstić information content (AvgIpc) is 4.01. The molecule has 4 rings (SSSR count). The first kappa shape index (κ1) is 48.1. The van der Waals surface area contributed by atoms with Gasteiger partial charge >= 0.3 is 0 Å². The van der Waals surface area contributed by atoms with Gasteiger partial charge in [0.15, 0.2) is 5.96 Å². The number of hydrogen-bond acceptors (Lipinski definition) is 12. The number of aromatic nitrogens is 3. The average molecular weight is 867 g/mol. The van der Waals surface area contributed by atoms with Crippen molar-refractivity contribution >= 4 is 58.2 Å². The number of aliphatic hydroxyl groups excluding tert-OH is 2. The number of aromatic amines is 2. The maximum absolute atomic E-state index is 14.4. The second-order valence-corrected chi connectivity index (χ2v) is 15.3. The van der Waals surface area contributed by atoms with Crippen molar-refractivity contribution in [3.05, 3.63) is 54.2 Å². The van der Waals surface area contributed by atoms with Crippen LogP contribution in [0.4, 0.5) is 0 Å². The van der Waals surface area contributed by atoms with Gasteiger partial charge in [0.1, 0.15) is 42.3 Å². The van der Waals surface area contributed by atoms with E-state index in [4.69, 9.17) is 22.6 Å². The Labute approximate surface area is 357 Å². The molecule has 9 atom stereocenters. The van der Waals surface area contributed by atoms with Crippen LogP contribution in [0.1, 0.15) is 57.7 Å². The Kier molecular flexibility index (Phi) is 17.3. The highest BCUT2D eigenvalue weighted by Crippen LogP contribution is 2.22. The van der Waals surface area contributed by atoms with Crippen molar-refractivity contribution in [2.24, 2.45) is 17.2 Å². The summed E-state index contributed by atoms with van der Waals surface area (Å²) in [6.07, 6.45) is 2.64. The van der Waals surface area contributed by atoms with E-state index >= 15 is 0 Å². The molecule has 0 radical (unpaired) electrons. The lowest BCUT2D eigenvalue weighted by Crippen LogP contribution is -2.60. The van der Waals surface area contributed by atoms with Gasteiger partial charge in [0.2, 0.25) is 41.4 Å². The van der Waals surface area contributed by atoms with E-state index in [2.05, 4.69) is 46.9 Å². The van der Waals surface area contributed by atoms with E-state index in [-0.39, 0.29) is 51.2 Å². The molecule has 0 bridgehead atoms. The second kappa shape index (κ2) is 22.3. The van der Waals surface area contributed by atoms with Gasteiger partial charge in [0.25, 0.3) is 0 Å².